The third kappa shape index (κ3) is 3.83. The Morgan fingerprint density at radius 1 is 1.21 bits per heavy atom. The summed E-state index contributed by atoms with van der Waals surface area (Å²) in [5.41, 5.74) is 0.319. The highest BCUT2D eigenvalue weighted by molar-refractivity contribution is 5.95. The van der Waals surface area contributed by atoms with Gasteiger partial charge in [-0.3, -0.25) is 0 Å². The second-order valence-electron chi connectivity index (χ2n) is 5.03. The average molecular weight is 334 g/mol. The van der Waals surface area contributed by atoms with E-state index in [1.807, 2.05) is 0 Å². The average Bonchev–Trinajstić information content (AvgIpc) is 2.52. The summed E-state index contributed by atoms with van der Waals surface area (Å²) in [5, 5.41) is 14.6. The fourth-order valence-corrected chi connectivity index (χ4v) is 2.25. The fraction of sp³-hybridized carbons (Fsp3) is 0.312. The summed E-state index contributed by atoms with van der Waals surface area (Å²) in [6.07, 6.45) is 0. The Kier molecular flexibility index (Phi) is 5.41. The van der Waals surface area contributed by atoms with Crippen LogP contribution in [0.3, 0.4) is 0 Å². The lowest BCUT2D eigenvalue weighted by molar-refractivity contribution is -0.139. The number of amides is 2. The number of hydrogen-bond donors (Lipinski definition) is 3. The van der Waals surface area contributed by atoms with Gasteiger partial charge in [-0.1, -0.05) is 12.1 Å². The van der Waals surface area contributed by atoms with E-state index in [4.69, 9.17) is 9.47 Å². The van der Waals surface area contributed by atoms with Crippen molar-refractivity contribution in [2.45, 2.75) is 19.9 Å². The van der Waals surface area contributed by atoms with Gasteiger partial charge in [0.15, 0.2) is 0 Å². The van der Waals surface area contributed by atoms with Gasteiger partial charge in [-0.05, 0) is 26.0 Å². The van der Waals surface area contributed by atoms with E-state index in [0.717, 1.165) is 0 Å². The van der Waals surface area contributed by atoms with Crippen LogP contribution in [0.4, 0.5) is 4.79 Å². The Balaban J connectivity index is 2.19. The van der Waals surface area contributed by atoms with Crippen LogP contribution in [0.25, 0.3) is 0 Å². The zero-order valence-corrected chi connectivity index (χ0v) is 13.3. The Labute approximate surface area is 138 Å². The largest absolute Gasteiger partial charge is 0.507 e. The number of aromatic hydroxyl groups is 1. The summed E-state index contributed by atoms with van der Waals surface area (Å²) in [6, 6.07) is 4.81. The summed E-state index contributed by atoms with van der Waals surface area (Å²) in [4.78, 5) is 35.7. The van der Waals surface area contributed by atoms with Crippen LogP contribution in [0, 0.1) is 0 Å². The zero-order valence-electron chi connectivity index (χ0n) is 13.3. The lowest BCUT2D eigenvalue weighted by Crippen LogP contribution is -2.50. The number of nitrogens with one attached hydrogen (secondary N) is 2. The molecule has 1 aromatic rings. The van der Waals surface area contributed by atoms with Gasteiger partial charge in [0.25, 0.3) is 0 Å². The van der Waals surface area contributed by atoms with E-state index in [2.05, 4.69) is 10.6 Å². The first-order valence-corrected chi connectivity index (χ1v) is 7.36. The molecule has 1 atom stereocenters. The molecule has 8 heteroatoms. The third-order valence-electron chi connectivity index (χ3n) is 3.34. The highest BCUT2D eigenvalue weighted by Crippen LogP contribution is 2.18. The van der Waals surface area contributed by atoms with Gasteiger partial charge < -0.3 is 25.2 Å². The van der Waals surface area contributed by atoms with Gasteiger partial charge in [0.05, 0.1) is 23.9 Å². The Morgan fingerprint density at radius 2 is 1.92 bits per heavy atom. The minimum atomic E-state index is -0.774. The van der Waals surface area contributed by atoms with Crippen LogP contribution < -0.4 is 10.6 Å². The summed E-state index contributed by atoms with van der Waals surface area (Å²) in [6.45, 7) is 3.12. The molecule has 0 saturated carbocycles. The van der Waals surface area contributed by atoms with Crippen molar-refractivity contribution >= 4 is 18.0 Å². The van der Waals surface area contributed by atoms with Crippen molar-refractivity contribution in [1.82, 2.24) is 10.6 Å². The lowest BCUT2D eigenvalue weighted by atomic mass is 10.0. The summed E-state index contributed by atoms with van der Waals surface area (Å²) < 4.78 is 10.1. The van der Waals surface area contributed by atoms with Gasteiger partial charge in [-0.2, -0.15) is 0 Å². The summed E-state index contributed by atoms with van der Waals surface area (Å²) in [7, 11) is 0. The molecule has 3 N–H and O–H groups in total. The number of hydrogen-bond acceptors (Lipinski definition) is 6. The molecule has 0 spiro atoms. The second-order valence-corrected chi connectivity index (χ2v) is 5.03. The highest BCUT2D eigenvalue weighted by atomic mass is 16.5. The van der Waals surface area contributed by atoms with Gasteiger partial charge in [0, 0.05) is 0 Å². The lowest BCUT2D eigenvalue weighted by Gasteiger charge is -2.26. The number of esters is 2. The molecule has 128 valence electrons. The van der Waals surface area contributed by atoms with E-state index in [1.165, 1.54) is 12.1 Å². The number of rotatable bonds is 5. The van der Waals surface area contributed by atoms with Gasteiger partial charge in [0.2, 0.25) is 0 Å². The maximum Gasteiger partial charge on any atom is 0.342 e. The van der Waals surface area contributed by atoms with Crippen LogP contribution >= 0.6 is 0 Å². The molecule has 0 saturated heterocycles. The van der Waals surface area contributed by atoms with Gasteiger partial charge in [-0.25, -0.2) is 14.4 Å². The maximum absolute atomic E-state index is 12.0. The first-order chi connectivity index (χ1) is 11.4. The monoisotopic (exact) mass is 334 g/mol. The number of carbonyl (C=O) groups excluding carboxylic acids is 3. The molecule has 24 heavy (non-hydrogen) atoms. The van der Waals surface area contributed by atoms with Crippen LogP contribution in [-0.2, 0) is 14.3 Å². The zero-order chi connectivity index (χ0) is 17.7. The molecule has 0 radical (unpaired) electrons. The van der Waals surface area contributed by atoms with Crippen molar-refractivity contribution in [3.8, 4) is 5.75 Å². The minimum absolute atomic E-state index is 0.0101. The molecule has 0 aromatic heterocycles. The number of phenols is 1. The van der Waals surface area contributed by atoms with Crippen molar-refractivity contribution in [3.05, 3.63) is 41.1 Å². The standard InChI is InChI=1S/C16H18N2O6/c1-3-23-15(21)13-9(2)17-16(22)18-11(13)8-24-14(20)10-6-4-5-7-12(10)19/h4-7,9,19H,3,8H2,1-2H3,(H2,17,18,22)/t9-/m1/s1. The number of para-hydroxylation sites is 1. The van der Waals surface area contributed by atoms with Crippen LogP contribution in [0.2, 0.25) is 0 Å². The molecular weight excluding hydrogens is 316 g/mol. The number of phenolic OH excluding ortho intramolecular Hbond substituents is 1. The summed E-state index contributed by atoms with van der Waals surface area (Å²) in [5.74, 6) is -1.60. The number of benzene rings is 1. The van der Waals surface area contributed by atoms with E-state index >= 15 is 0 Å². The number of carbonyl (C=O) groups is 3. The van der Waals surface area contributed by atoms with Gasteiger partial charge in [0.1, 0.15) is 17.9 Å². The Hall–Kier alpha value is -3.03. The van der Waals surface area contributed by atoms with Gasteiger partial charge >= 0.3 is 18.0 Å². The molecule has 1 heterocycles. The fourth-order valence-electron chi connectivity index (χ4n) is 2.25. The van der Waals surface area contributed by atoms with Crippen molar-refractivity contribution in [2.24, 2.45) is 0 Å². The minimum Gasteiger partial charge on any atom is -0.507 e. The maximum atomic E-state index is 12.0. The van der Waals surface area contributed by atoms with Crippen molar-refractivity contribution in [2.75, 3.05) is 13.2 Å². The third-order valence-corrected chi connectivity index (χ3v) is 3.34. The van der Waals surface area contributed by atoms with E-state index in [0.29, 0.717) is 0 Å². The molecule has 8 nitrogen and oxygen atoms in total. The van der Waals surface area contributed by atoms with Crippen molar-refractivity contribution < 1.29 is 29.0 Å². The Morgan fingerprint density at radius 3 is 2.58 bits per heavy atom. The van der Waals surface area contributed by atoms with Crippen LogP contribution in [0.5, 0.6) is 5.75 Å². The Bertz CT molecular complexity index is 698. The molecule has 0 bridgehead atoms. The smallest absolute Gasteiger partial charge is 0.342 e. The highest BCUT2D eigenvalue weighted by Gasteiger charge is 2.30. The summed E-state index contributed by atoms with van der Waals surface area (Å²) >= 11 is 0. The van der Waals surface area contributed by atoms with Crippen molar-refractivity contribution in [1.29, 1.82) is 0 Å². The van der Waals surface area contributed by atoms with Crippen LogP contribution in [-0.4, -0.2) is 42.3 Å². The first kappa shape index (κ1) is 17.3. The van der Waals surface area contributed by atoms with Gasteiger partial charge in [-0.15, -0.1) is 0 Å². The molecule has 2 rings (SSSR count). The molecule has 1 aliphatic rings. The predicted molar refractivity (Wildman–Crippen MR) is 83.2 cm³/mol. The van der Waals surface area contributed by atoms with E-state index in [-0.39, 0.29) is 35.8 Å². The first-order valence-electron chi connectivity index (χ1n) is 7.36. The normalized spacial score (nSPS) is 16.9. The number of urea groups is 1. The van der Waals surface area contributed by atoms with E-state index in [9.17, 15) is 19.5 Å². The van der Waals surface area contributed by atoms with Crippen LogP contribution in [0.1, 0.15) is 24.2 Å². The molecule has 0 unspecified atom stereocenters. The van der Waals surface area contributed by atoms with Crippen molar-refractivity contribution in [3.63, 3.8) is 0 Å². The van der Waals surface area contributed by atoms with E-state index < -0.39 is 24.0 Å². The quantitative estimate of drug-likeness (QED) is 0.694. The van der Waals surface area contributed by atoms with E-state index in [1.54, 1.807) is 26.0 Å². The van der Waals surface area contributed by atoms with Crippen LogP contribution in [0.15, 0.2) is 35.5 Å². The second kappa shape index (κ2) is 7.49. The molecular formula is C16H18N2O6. The predicted octanol–water partition coefficient (Wildman–Crippen LogP) is 1.07. The molecule has 0 aliphatic carbocycles. The molecule has 0 fully saturated rings. The molecule has 1 aromatic carbocycles. The SMILES string of the molecule is CCOC(=O)C1=C(COC(=O)c2ccccc2O)NC(=O)N[C@@H]1C. The molecule has 1 aliphatic heterocycles. The molecule has 2 amide bonds. The topological polar surface area (TPSA) is 114 Å². The number of ether oxygens (including phenoxy) is 2.